The summed E-state index contributed by atoms with van der Waals surface area (Å²) in [7, 11) is 0. The van der Waals surface area contributed by atoms with Gasteiger partial charge in [0.2, 0.25) is 0 Å². The lowest BCUT2D eigenvalue weighted by Crippen LogP contribution is -1.91. The molecule has 1 aliphatic heterocycles. The molecule has 0 spiro atoms. The van der Waals surface area contributed by atoms with Crippen LogP contribution >= 0.6 is 11.8 Å². The van der Waals surface area contributed by atoms with E-state index in [2.05, 4.69) is 31.2 Å². The summed E-state index contributed by atoms with van der Waals surface area (Å²) in [6.45, 7) is 2.33. The van der Waals surface area contributed by atoms with Gasteiger partial charge >= 0.3 is 0 Å². The molecule has 1 aliphatic rings. The maximum Gasteiger partial charge on any atom is 0.0107 e. The van der Waals surface area contributed by atoms with Gasteiger partial charge in [-0.15, -0.1) is 11.8 Å². The first-order valence-corrected chi connectivity index (χ1v) is 5.49. The maximum atomic E-state index is 2.33. The van der Waals surface area contributed by atoms with Crippen LogP contribution in [0.15, 0.2) is 29.2 Å². The number of hydrogen-bond acceptors (Lipinski definition) is 1. The number of hydrogen-bond donors (Lipinski definition) is 0. The van der Waals surface area contributed by atoms with Crippen LogP contribution in [0.4, 0.5) is 0 Å². The molecule has 64 valence electrons. The average molecular weight is 178 g/mol. The highest BCUT2D eigenvalue weighted by Gasteiger charge is 2.12. The van der Waals surface area contributed by atoms with Gasteiger partial charge in [0.1, 0.15) is 0 Å². The van der Waals surface area contributed by atoms with E-state index in [1.807, 2.05) is 11.8 Å². The van der Waals surface area contributed by atoms with E-state index in [1.165, 1.54) is 24.2 Å². The smallest absolute Gasteiger partial charge is 0.0107 e. The summed E-state index contributed by atoms with van der Waals surface area (Å²) in [5, 5.41) is 0.800. The first kappa shape index (κ1) is 8.18. The Hall–Kier alpha value is -0.430. The first-order valence-electron chi connectivity index (χ1n) is 4.61. The third-order valence-corrected chi connectivity index (χ3v) is 3.65. The van der Waals surface area contributed by atoms with E-state index < -0.39 is 0 Å². The number of thioether (sulfide) groups is 1. The quantitative estimate of drug-likeness (QED) is 0.586. The highest BCUT2D eigenvalue weighted by Crippen LogP contribution is 2.33. The lowest BCUT2D eigenvalue weighted by atomic mass is 10.1. The van der Waals surface area contributed by atoms with E-state index in [1.54, 1.807) is 5.56 Å². The molecule has 0 saturated heterocycles. The van der Waals surface area contributed by atoms with E-state index >= 15 is 0 Å². The second-order valence-electron chi connectivity index (χ2n) is 3.43. The summed E-state index contributed by atoms with van der Waals surface area (Å²) in [5.74, 6) is 0. The van der Waals surface area contributed by atoms with Crippen molar-refractivity contribution in [1.29, 1.82) is 0 Å². The molecular formula is C11H14S. The minimum Gasteiger partial charge on any atom is -0.123 e. The van der Waals surface area contributed by atoms with Crippen molar-refractivity contribution in [2.45, 2.75) is 36.3 Å². The fourth-order valence-corrected chi connectivity index (χ4v) is 2.88. The normalized spacial score (nSPS) is 22.9. The van der Waals surface area contributed by atoms with E-state index in [9.17, 15) is 0 Å². The van der Waals surface area contributed by atoms with Crippen LogP contribution in [0.1, 0.15) is 25.3 Å². The molecule has 1 heteroatoms. The van der Waals surface area contributed by atoms with Gasteiger partial charge in [-0.3, -0.25) is 0 Å². The standard InChI is InChI=1S/C11H14S/c1-9-5-4-7-10-6-2-3-8-11(10)12-9/h2-3,6,8-9H,4-5,7H2,1H3. The van der Waals surface area contributed by atoms with Gasteiger partial charge < -0.3 is 0 Å². The summed E-state index contributed by atoms with van der Waals surface area (Å²) < 4.78 is 0. The van der Waals surface area contributed by atoms with Crippen molar-refractivity contribution in [3.63, 3.8) is 0 Å². The van der Waals surface area contributed by atoms with Crippen molar-refractivity contribution in [3.8, 4) is 0 Å². The molecule has 0 fully saturated rings. The molecule has 1 aromatic rings. The van der Waals surface area contributed by atoms with Crippen molar-refractivity contribution in [3.05, 3.63) is 29.8 Å². The Labute approximate surface area is 78.4 Å². The second-order valence-corrected chi connectivity index (χ2v) is 4.91. The average Bonchev–Trinajstić information content (AvgIpc) is 2.25. The summed E-state index contributed by atoms with van der Waals surface area (Å²) >= 11 is 2.03. The topological polar surface area (TPSA) is 0 Å². The fraction of sp³-hybridized carbons (Fsp3) is 0.455. The molecule has 1 heterocycles. The summed E-state index contributed by atoms with van der Waals surface area (Å²) in [6.07, 6.45) is 3.98. The molecule has 0 nitrogen and oxygen atoms in total. The maximum absolute atomic E-state index is 2.33. The Bertz CT molecular complexity index is 267. The molecule has 0 aromatic heterocycles. The largest absolute Gasteiger partial charge is 0.123 e. The lowest BCUT2D eigenvalue weighted by Gasteiger charge is -2.06. The van der Waals surface area contributed by atoms with Crippen LogP contribution in [0, 0.1) is 0 Å². The number of aryl methyl sites for hydroxylation is 1. The van der Waals surface area contributed by atoms with Crippen molar-refractivity contribution < 1.29 is 0 Å². The van der Waals surface area contributed by atoms with Gasteiger partial charge in [0.05, 0.1) is 0 Å². The minimum absolute atomic E-state index is 0.800. The van der Waals surface area contributed by atoms with Crippen LogP contribution < -0.4 is 0 Å². The SMILES string of the molecule is CC1CCCc2ccccc2S1. The zero-order chi connectivity index (χ0) is 8.39. The molecule has 0 saturated carbocycles. The molecule has 0 amide bonds. The summed E-state index contributed by atoms with van der Waals surface area (Å²) in [5.41, 5.74) is 1.55. The van der Waals surface area contributed by atoms with Crippen LogP contribution in [-0.4, -0.2) is 5.25 Å². The molecule has 0 bridgehead atoms. The van der Waals surface area contributed by atoms with E-state index in [-0.39, 0.29) is 0 Å². The predicted molar refractivity (Wildman–Crippen MR) is 54.7 cm³/mol. The molecule has 0 aliphatic carbocycles. The Balaban J connectivity index is 2.31. The van der Waals surface area contributed by atoms with E-state index in [4.69, 9.17) is 0 Å². The van der Waals surface area contributed by atoms with Crippen molar-refractivity contribution >= 4 is 11.8 Å². The Morgan fingerprint density at radius 2 is 2.17 bits per heavy atom. The van der Waals surface area contributed by atoms with Crippen LogP contribution in [0.25, 0.3) is 0 Å². The number of fused-ring (bicyclic) bond motifs is 1. The summed E-state index contributed by atoms with van der Waals surface area (Å²) in [4.78, 5) is 1.50. The van der Waals surface area contributed by atoms with Crippen molar-refractivity contribution in [1.82, 2.24) is 0 Å². The van der Waals surface area contributed by atoms with Gasteiger partial charge in [-0.2, -0.15) is 0 Å². The van der Waals surface area contributed by atoms with E-state index in [0.29, 0.717) is 0 Å². The molecule has 1 aromatic carbocycles. The predicted octanol–water partition coefficient (Wildman–Crippen LogP) is 3.50. The van der Waals surface area contributed by atoms with Crippen LogP contribution in [0.2, 0.25) is 0 Å². The number of benzene rings is 1. The lowest BCUT2D eigenvalue weighted by molar-refractivity contribution is 0.736. The Kier molecular flexibility index (Phi) is 2.40. The highest BCUT2D eigenvalue weighted by molar-refractivity contribution is 8.00. The molecule has 1 atom stereocenters. The summed E-state index contributed by atoms with van der Waals surface area (Å²) in [6, 6.07) is 8.81. The van der Waals surface area contributed by atoms with Crippen molar-refractivity contribution in [2.24, 2.45) is 0 Å². The van der Waals surface area contributed by atoms with Gasteiger partial charge in [-0.1, -0.05) is 25.1 Å². The van der Waals surface area contributed by atoms with Gasteiger partial charge in [-0.05, 0) is 30.9 Å². The molecule has 2 rings (SSSR count). The van der Waals surface area contributed by atoms with Crippen LogP contribution in [0.5, 0.6) is 0 Å². The monoisotopic (exact) mass is 178 g/mol. The first-order chi connectivity index (χ1) is 5.86. The van der Waals surface area contributed by atoms with Crippen LogP contribution in [0.3, 0.4) is 0 Å². The van der Waals surface area contributed by atoms with Crippen molar-refractivity contribution in [2.75, 3.05) is 0 Å². The van der Waals surface area contributed by atoms with E-state index in [0.717, 1.165) is 5.25 Å². The molecule has 1 unspecified atom stereocenters. The molecule has 0 N–H and O–H groups in total. The highest BCUT2D eigenvalue weighted by atomic mass is 32.2. The third-order valence-electron chi connectivity index (χ3n) is 2.36. The van der Waals surface area contributed by atoms with Crippen LogP contribution in [-0.2, 0) is 6.42 Å². The van der Waals surface area contributed by atoms with Gasteiger partial charge in [0.15, 0.2) is 0 Å². The third kappa shape index (κ3) is 1.66. The van der Waals surface area contributed by atoms with Gasteiger partial charge in [-0.25, -0.2) is 0 Å². The Morgan fingerprint density at radius 1 is 1.33 bits per heavy atom. The zero-order valence-electron chi connectivity index (χ0n) is 7.42. The van der Waals surface area contributed by atoms with Gasteiger partial charge in [0, 0.05) is 10.1 Å². The van der Waals surface area contributed by atoms with Gasteiger partial charge in [0.25, 0.3) is 0 Å². The molecule has 0 radical (unpaired) electrons. The number of rotatable bonds is 0. The minimum atomic E-state index is 0.800. The second kappa shape index (κ2) is 3.53. The molecular weight excluding hydrogens is 164 g/mol. The Morgan fingerprint density at radius 3 is 3.08 bits per heavy atom. The zero-order valence-corrected chi connectivity index (χ0v) is 8.23. The molecule has 12 heavy (non-hydrogen) atoms. The fourth-order valence-electron chi connectivity index (χ4n) is 1.68.